The number of hydrogen-bond donors (Lipinski definition) is 0. The summed E-state index contributed by atoms with van der Waals surface area (Å²) >= 11 is 0. The van der Waals surface area contributed by atoms with Crippen LogP contribution in [0, 0.1) is 11.8 Å². The Morgan fingerprint density at radius 2 is 1.69 bits per heavy atom. The molecule has 29 heavy (non-hydrogen) atoms. The Balaban J connectivity index is 1.64. The molecule has 8 nitrogen and oxygen atoms in total. The third kappa shape index (κ3) is 3.87. The molecule has 1 aliphatic heterocycles. The molecule has 0 bridgehead atoms. The van der Waals surface area contributed by atoms with Crippen LogP contribution >= 0.6 is 0 Å². The highest BCUT2D eigenvalue weighted by atomic mass is 16.5. The molecule has 1 aromatic rings. The van der Waals surface area contributed by atoms with Gasteiger partial charge in [0.15, 0.2) is 6.61 Å². The predicted octanol–water partition coefficient (Wildman–Crippen LogP) is 1.77. The Kier molecular flexibility index (Phi) is 6.00. The van der Waals surface area contributed by atoms with E-state index in [9.17, 15) is 19.2 Å². The zero-order chi connectivity index (χ0) is 21.1. The van der Waals surface area contributed by atoms with Gasteiger partial charge in [-0.25, -0.2) is 4.79 Å². The monoisotopic (exact) mass is 401 g/mol. The molecule has 1 heterocycles. The number of hydrogen-bond acceptors (Lipinski definition) is 7. The lowest BCUT2D eigenvalue weighted by molar-refractivity contribution is -0.157. The average Bonchev–Trinajstić information content (AvgIpc) is 3.01. The number of fused-ring (bicyclic) bond motifs is 1. The van der Waals surface area contributed by atoms with Gasteiger partial charge in [-0.05, 0) is 31.9 Å². The van der Waals surface area contributed by atoms with Gasteiger partial charge in [-0.1, -0.05) is 12.2 Å². The SMILES string of the molecule is COc1ccc(C(=O)COC(=O)[C@H](C)N2C(=O)[C@H]3CC=CC[C@@H]3C2=O)c(OC)c1. The third-order valence-electron chi connectivity index (χ3n) is 5.32. The number of Topliss-reactive ketones (excluding diaryl/α,β-unsaturated/α-hetero) is 1. The lowest BCUT2D eigenvalue weighted by atomic mass is 9.85. The van der Waals surface area contributed by atoms with Gasteiger partial charge in [0.05, 0.1) is 31.6 Å². The minimum Gasteiger partial charge on any atom is -0.497 e. The number of nitrogens with zero attached hydrogens (tertiary/aromatic N) is 1. The van der Waals surface area contributed by atoms with Crippen molar-refractivity contribution in [2.75, 3.05) is 20.8 Å². The van der Waals surface area contributed by atoms with Crippen LogP contribution in [0.5, 0.6) is 11.5 Å². The standard InChI is InChI=1S/C21H23NO7/c1-12(22-19(24)14-6-4-5-7-15(14)20(22)25)21(26)29-11-17(23)16-9-8-13(27-2)10-18(16)28-3/h4-5,8-10,12,14-15H,6-7,11H2,1-3H3/t12-,14-,15-/m0/s1. The topological polar surface area (TPSA) is 99.2 Å². The lowest BCUT2D eigenvalue weighted by Gasteiger charge is -2.21. The number of amides is 2. The van der Waals surface area contributed by atoms with E-state index in [1.165, 1.54) is 27.2 Å². The summed E-state index contributed by atoms with van der Waals surface area (Å²) in [5.74, 6) is -2.04. The van der Waals surface area contributed by atoms with Gasteiger partial charge in [0.2, 0.25) is 17.6 Å². The first kappa shape index (κ1) is 20.6. The number of likely N-dealkylation sites (tertiary alicyclic amines) is 1. The van der Waals surface area contributed by atoms with Crippen molar-refractivity contribution in [1.29, 1.82) is 0 Å². The maximum absolute atomic E-state index is 12.6. The van der Waals surface area contributed by atoms with Crippen molar-refractivity contribution in [2.24, 2.45) is 11.8 Å². The van der Waals surface area contributed by atoms with Crippen LogP contribution in [0.15, 0.2) is 30.4 Å². The van der Waals surface area contributed by atoms with E-state index in [-0.39, 0.29) is 17.4 Å². The second-order valence-electron chi connectivity index (χ2n) is 6.98. The van der Waals surface area contributed by atoms with E-state index in [0.29, 0.717) is 24.3 Å². The number of carbonyl (C=O) groups is 4. The van der Waals surface area contributed by atoms with E-state index >= 15 is 0 Å². The van der Waals surface area contributed by atoms with E-state index in [2.05, 4.69) is 0 Å². The van der Waals surface area contributed by atoms with Gasteiger partial charge in [-0.15, -0.1) is 0 Å². The van der Waals surface area contributed by atoms with Crippen molar-refractivity contribution in [3.63, 3.8) is 0 Å². The molecule has 1 saturated heterocycles. The van der Waals surface area contributed by atoms with E-state index in [1.807, 2.05) is 12.2 Å². The molecule has 154 valence electrons. The van der Waals surface area contributed by atoms with Crippen molar-refractivity contribution in [3.8, 4) is 11.5 Å². The highest BCUT2D eigenvalue weighted by Crippen LogP contribution is 2.36. The third-order valence-corrected chi connectivity index (χ3v) is 5.32. The number of rotatable bonds is 7. The van der Waals surface area contributed by atoms with Crippen molar-refractivity contribution in [3.05, 3.63) is 35.9 Å². The molecular weight excluding hydrogens is 378 g/mol. The fourth-order valence-electron chi connectivity index (χ4n) is 3.68. The second kappa shape index (κ2) is 8.46. The minimum absolute atomic E-state index is 0.235. The van der Waals surface area contributed by atoms with Crippen LogP contribution in [0.25, 0.3) is 0 Å². The summed E-state index contributed by atoms with van der Waals surface area (Å²) < 4.78 is 15.4. The van der Waals surface area contributed by atoms with Gasteiger partial charge in [0.1, 0.15) is 17.5 Å². The second-order valence-corrected chi connectivity index (χ2v) is 6.98. The minimum atomic E-state index is -1.09. The zero-order valence-electron chi connectivity index (χ0n) is 16.5. The van der Waals surface area contributed by atoms with E-state index < -0.39 is 36.2 Å². The summed E-state index contributed by atoms with van der Waals surface area (Å²) in [6.07, 6.45) is 4.73. The number of methoxy groups -OCH3 is 2. The van der Waals surface area contributed by atoms with Crippen LogP contribution in [0.4, 0.5) is 0 Å². The summed E-state index contributed by atoms with van der Waals surface area (Å²) in [5, 5.41) is 0. The Morgan fingerprint density at radius 3 is 2.24 bits per heavy atom. The van der Waals surface area contributed by atoms with Crippen LogP contribution in [-0.2, 0) is 19.1 Å². The number of allylic oxidation sites excluding steroid dienone is 2. The first-order chi connectivity index (χ1) is 13.9. The van der Waals surface area contributed by atoms with Gasteiger partial charge < -0.3 is 14.2 Å². The molecular formula is C21H23NO7. The number of ketones is 1. The Morgan fingerprint density at radius 1 is 1.07 bits per heavy atom. The average molecular weight is 401 g/mol. The Bertz CT molecular complexity index is 850. The van der Waals surface area contributed by atoms with Gasteiger partial charge in [-0.2, -0.15) is 0 Å². The normalized spacial score (nSPS) is 21.6. The maximum Gasteiger partial charge on any atom is 0.329 e. The summed E-state index contributed by atoms with van der Waals surface area (Å²) in [6.45, 7) is 0.901. The molecule has 0 aromatic heterocycles. The predicted molar refractivity (Wildman–Crippen MR) is 102 cm³/mol. The number of benzene rings is 1. The van der Waals surface area contributed by atoms with Crippen molar-refractivity contribution in [1.82, 2.24) is 4.90 Å². The van der Waals surface area contributed by atoms with Crippen LogP contribution in [-0.4, -0.2) is 55.3 Å². The maximum atomic E-state index is 12.6. The molecule has 1 fully saturated rings. The summed E-state index contributed by atoms with van der Waals surface area (Å²) in [4.78, 5) is 51.0. The molecule has 3 atom stereocenters. The molecule has 0 saturated carbocycles. The molecule has 2 aliphatic rings. The molecule has 1 aliphatic carbocycles. The Labute approximate surface area is 168 Å². The summed E-state index contributed by atoms with van der Waals surface area (Å²) in [5.41, 5.74) is 0.235. The van der Waals surface area contributed by atoms with Crippen LogP contribution in [0.2, 0.25) is 0 Å². The van der Waals surface area contributed by atoms with E-state index in [4.69, 9.17) is 14.2 Å². The number of esters is 1. The molecule has 0 radical (unpaired) electrons. The summed E-state index contributed by atoms with van der Waals surface area (Å²) in [7, 11) is 2.91. The number of ether oxygens (including phenoxy) is 3. The number of carbonyl (C=O) groups excluding carboxylic acids is 4. The zero-order valence-corrected chi connectivity index (χ0v) is 16.5. The molecule has 8 heteroatoms. The van der Waals surface area contributed by atoms with E-state index in [0.717, 1.165) is 4.90 Å². The summed E-state index contributed by atoms with van der Waals surface area (Å²) in [6, 6.07) is 3.57. The largest absolute Gasteiger partial charge is 0.497 e. The Hall–Kier alpha value is -3.16. The van der Waals surface area contributed by atoms with E-state index in [1.54, 1.807) is 12.1 Å². The molecule has 2 amide bonds. The first-order valence-electron chi connectivity index (χ1n) is 9.32. The fraction of sp³-hybridized carbons (Fsp3) is 0.429. The molecule has 0 N–H and O–H groups in total. The van der Waals surface area contributed by atoms with Gasteiger partial charge in [0, 0.05) is 6.07 Å². The van der Waals surface area contributed by atoms with Gasteiger partial charge >= 0.3 is 5.97 Å². The van der Waals surface area contributed by atoms with Gasteiger partial charge in [0.25, 0.3) is 0 Å². The fourth-order valence-corrected chi connectivity index (χ4v) is 3.68. The first-order valence-corrected chi connectivity index (χ1v) is 9.32. The van der Waals surface area contributed by atoms with Crippen LogP contribution in [0.3, 0.4) is 0 Å². The van der Waals surface area contributed by atoms with Crippen LogP contribution in [0.1, 0.15) is 30.1 Å². The number of imide groups is 1. The molecule has 0 unspecified atom stereocenters. The highest BCUT2D eigenvalue weighted by Gasteiger charge is 2.50. The molecule has 3 rings (SSSR count). The quantitative estimate of drug-likeness (QED) is 0.297. The highest BCUT2D eigenvalue weighted by molar-refractivity contribution is 6.08. The van der Waals surface area contributed by atoms with Gasteiger partial charge in [-0.3, -0.25) is 19.3 Å². The lowest BCUT2D eigenvalue weighted by Crippen LogP contribution is -2.44. The van der Waals surface area contributed by atoms with Crippen molar-refractivity contribution in [2.45, 2.75) is 25.8 Å². The smallest absolute Gasteiger partial charge is 0.329 e. The molecule has 1 aromatic carbocycles. The molecule has 0 spiro atoms. The van der Waals surface area contributed by atoms with Crippen LogP contribution < -0.4 is 9.47 Å². The van der Waals surface area contributed by atoms with Crippen molar-refractivity contribution < 1.29 is 33.4 Å². The van der Waals surface area contributed by atoms with Crippen molar-refractivity contribution >= 4 is 23.6 Å².